The molecule has 0 radical (unpaired) electrons. The zero-order valence-electron chi connectivity index (χ0n) is 11.5. The lowest BCUT2D eigenvalue weighted by molar-refractivity contribution is 0.0821. The van der Waals surface area contributed by atoms with Gasteiger partial charge in [-0.2, -0.15) is 0 Å². The molecule has 0 aromatic rings. The van der Waals surface area contributed by atoms with Gasteiger partial charge in [-0.25, -0.2) is 0 Å². The summed E-state index contributed by atoms with van der Waals surface area (Å²) in [4.78, 5) is 2.39. The molecule has 2 saturated carbocycles. The highest BCUT2D eigenvalue weighted by molar-refractivity contribution is 5.85. The topological polar surface area (TPSA) is 3.24 Å². The Labute approximate surface area is 107 Å². The molecule has 0 aliphatic heterocycles. The van der Waals surface area contributed by atoms with Gasteiger partial charge in [0.1, 0.15) is 0 Å². The standard InChI is InChI=1S/C14H27N.ClH/c1-11(15(4)5)10-14-8-6-12(7-9-14)13(14,2)3;/h11-12H,6-10H2,1-5H3;1H. The number of nitrogens with zero attached hydrogens (tertiary/aromatic N) is 1. The average Bonchev–Trinajstić information content (AvgIpc) is 2.52. The van der Waals surface area contributed by atoms with Gasteiger partial charge in [0.05, 0.1) is 0 Å². The van der Waals surface area contributed by atoms with Crippen LogP contribution in [0.15, 0.2) is 0 Å². The Hall–Kier alpha value is 0.250. The van der Waals surface area contributed by atoms with E-state index in [9.17, 15) is 0 Å². The minimum atomic E-state index is 0. The van der Waals surface area contributed by atoms with E-state index in [0.717, 1.165) is 12.0 Å². The quantitative estimate of drug-likeness (QED) is 0.728. The smallest absolute Gasteiger partial charge is 0.00663 e. The van der Waals surface area contributed by atoms with Crippen LogP contribution in [0.1, 0.15) is 52.9 Å². The Morgan fingerprint density at radius 1 is 1.19 bits per heavy atom. The summed E-state index contributed by atoms with van der Waals surface area (Å²) in [5, 5.41) is 0. The first-order chi connectivity index (χ1) is 6.89. The fourth-order valence-corrected chi connectivity index (χ4v) is 4.18. The molecule has 16 heavy (non-hydrogen) atoms. The molecule has 0 aromatic heterocycles. The lowest BCUT2D eigenvalue weighted by atomic mass is 9.66. The van der Waals surface area contributed by atoms with Gasteiger partial charge in [-0.1, -0.05) is 13.8 Å². The Morgan fingerprint density at radius 3 is 2.00 bits per heavy atom. The Bertz CT molecular complexity index is 239. The molecule has 2 aliphatic rings. The van der Waals surface area contributed by atoms with Crippen molar-refractivity contribution in [3.63, 3.8) is 0 Å². The largest absolute Gasteiger partial charge is 0.307 e. The minimum Gasteiger partial charge on any atom is -0.307 e. The summed E-state index contributed by atoms with van der Waals surface area (Å²) in [5.74, 6) is 1.02. The molecule has 0 aromatic carbocycles. The predicted octanol–water partition coefficient (Wildman–Crippen LogP) is 3.96. The van der Waals surface area contributed by atoms with Crippen molar-refractivity contribution in [1.82, 2.24) is 4.90 Å². The van der Waals surface area contributed by atoms with E-state index in [1.165, 1.54) is 32.1 Å². The van der Waals surface area contributed by atoms with Crippen LogP contribution < -0.4 is 0 Å². The molecule has 96 valence electrons. The van der Waals surface area contributed by atoms with E-state index in [1.807, 2.05) is 0 Å². The molecule has 2 bridgehead atoms. The minimum absolute atomic E-state index is 0. The van der Waals surface area contributed by atoms with Crippen LogP contribution in [-0.4, -0.2) is 25.0 Å². The highest BCUT2D eigenvalue weighted by Crippen LogP contribution is 2.67. The van der Waals surface area contributed by atoms with E-state index in [0.29, 0.717) is 10.8 Å². The van der Waals surface area contributed by atoms with Gasteiger partial charge in [0.15, 0.2) is 0 Å². The molecule has 0 amide bonds. The second-order valence-electron chi connectivity index (χ2n) is 6.79. The Morgan fingerprint density at radius 2 is 1.69 bits per heavy atom. The zero-order valence-corrected chi connectivity index (χ0v) is 12.4. The molecular formula is C14H28ClN. The van der Waals surface area contributed by atoms with Gasteiger partial charge < -0.3 is 4.90 Å². The first kappa shape index (κ1) is 14.3. The third-order valence-corrected chi connectivity index (χ3v) is 5.90. The number of hydrogen-bond acceptors (Lipinski definition) is 1. The molecule has 1 unspecified atom stereocenters. The maximum Gasteiger partial charge on any atom is 0.00663 e. The van der Waals surface area contributed by atoms with Crippen LogP contribution in [-0.2, 0) is 0 Å². The SMILES string of the molecule is CC(CC12CCC(CC1)C2(C)C)N(C)C.Cl. The summed E-state index contributed by atoms with van der Waals surface area (Å²) in [6, 6.07) is 0.737. The van der Waals surface area contributed by atoms with Gasteiger partial charge in [-0.05, 0) is 69.9 Å². The normalized spacial score (nSPS) is 37.5. The lowest BCUT2D eigenvalue weighted by Gasteiger charge is -2.41. The highest BCUT2D eigenvalue weighted by atomic mass is 35.5. The molecule has 2 rings (SSSR count). The van der Waals surface area contributed by atoms with Crippen LogP contribution in [0, 0.1) is 16.7 Å². The van der Waals surface area contributed by atoms with Crippen LogP contribution in [0.5, 0.6) is 0 Å². The molecule has 1 nitrogen and oxygen atoms in total. The van der Waals surface area contributed by atoms with Crippen molar-refractivity contribution in [3.05, 3.63) is 0 Å². The van der Waals surface area contributed by atoms with Crippen LogP contribution in [0.2, 0.25) is 0 Å². The van der Waals surface area contributed by atoms with E-state index in [2.05, 4.69) is 39.8 Å². The number of fused-ring (bicyclic) bond motifs is 2. The second kappa shape index (κ2) is 4.49. The molecule has 0 spiro atoms. The van der Waals surface area contributed by atoms with Crippen molar-refractivity contribution in [2.75, 3.05) is 14.1 Å². The van der Waals surface area contributed by atoms with Gasteiger partial charge >= 0.3 is 0 Å². The van der Waals surface area contributed by atoms with E-state index < -0.39 is 0 Å². The van der Waals surface area contributed by atoms with Crippen LogP contribution in [0.25, 0.3) is 0 Å². The summed E-state index contributed by atoms with van der Waals surface area (Å²) in [7, 11) is 4.44. The summed E-state index contributed by atoms with van der Waals surface area (Å²) < 4.78 is 0. The van der Waals surface area contributed by atoms with Crippen molar-refractivity contribution in [2.24, 2.45) is 16.7 Å². The molecule has 2 aliphatic carbocycles. The van der Waals surface area contributed by atoms with Crippen molar-refractivity contribution < 1.29 is 0 Å². The van der Waals surface area contributed by atoms with Gasteiger partial charge in [0.25, 0.3) is 0 Å². The fraction of sp³-hybridized carbons (Fsp3) is 1.00. The summed E-state index contributed by atoms with van der Waals surface area (Å²) in [6.45, 7) is 7.44. The van der Waals surface area contributed by atoms with Gasteiger partial charge in [0.2, 0.25) is 0 Å². The van der Waals surface area contributed by atoms with E-state index in [1.54, 1.807) is 0 Å². The first-order valence-corrected chi connectivity index (χ1v) is 6.55. The van der Waals surface area contributed by atoms with Crippen molar-refractivity contribution >= 4 is 12.4 Å². The van der Waals surface area contributed by atoms with Gasteiger partial charge in [-0.15, -0.1) is 12.4 Å². The summed E-state index contributed by atoms with van der Waals surface area (Å²) >= 11 is 0. The maximum absolute atomic E-state index is 2.53. The van der Waals surface area contributed by atoms with Crippen molar-refractivity contribution in [2.45, 2.75) is 58.9 Å². The molecule has 2 heteroatoms. The first-order valence-electron chi connectivity index (χ1n) is 6.55. The number of rotatable bonds is 3. The molecule has 0 N–H and O–H groups in total. The fourth-order valence-electron chi connectivity index (χ4n) is 4.18. The Balaban J connectivity index is 0.00000128. The van der Waals surface area contributed by atoms with Crippen molar-refractivity contribution in [3.8, 4) is 0 Å². The predicted molar refractivity (Wildman–Crippen MR) is 73.2 cm³/mol. The average molecular weight is 246 g/mol. The molecule has 0 heterocycles. The lowest BCUT2D eigenvalue weighted by Crippen LogP contribution is -2.37. The van der Waals surface area contributed by atoms with Crippen molar-refractivity contribution in [1.29, 1.82) is 0 Å². The van der Waals surface area contributed by atoms with Crippen LogP contribution in [0.3, 0.4) is 0 Å². The van der Waals surface area contributed by atoms with E-state index in [-0.39, 0.29) is 12.4 Å². The number of hydrogen-bond donors (Lipinski definition) is 0. The maximum atomic E-state index is 2.53. The van der Waals surface area contributed by atoms with Gasteiger partial charge in [0, 0.05) is 6.04 Å². The third kappa shape index (κ3) is 1.90. The molecule has 0 saturated heterocycles. The molecule has 1 atom stereocenters. The monoisotopic (exact) mass is 245 g/mol. The number of halogens is 1. The van der Waals surface area contributed by atoms with Crippen LogP contribution in [0.4, 0.5) is 0 Å². The highest BCUT2D eigenvalue weighted by Gasteiger charge is 2.58. The Kier molecular flexibility index (Phi) is 4.02. The van der Waals surface area contributed by atoms with Crippen LogP contribution >= 0.6 is 12.4 Å². The second-order valence-corrected chi connectivity index (χ2v) is 6.79. The summed E-state index contributed by atoms with van der Waals surface area (Å²) in [5.41, 5.74) is 1.28. The summed E-state index contributed by atoms with van der Waals surface area (Å²) in [6.07, 6.45) is 7.37. The van der Waals surface area contributed by atoms with E-state index >= 15 is 0 Å². The molecular weight excluding hydrogens is 218 g/mol. The molecule has 2 fully saturated rings. The third-order valence-electron chi connectivity index (χ3n) is 5.90. The van der Waals surface area contributed by atoms with E-state index in [4.69, 9.17) is 0 Å². The van der Waals surface area contributed by atoms with Gasteiger partial charge in [-0.3, -0.25) is 0 Å². The zero-order chi connectivity index (χ0) is 11.3.